The summed E-state index contributed by atoms with van der Waals surface area (Å²) in [5.74, 6) is 0. The van der Waals surface area contributed by atoms with Crippen molar-refractivity contribution in [2.24, 2.45) is 0 Å². The van der Waals surface area contributed by atoms with Gasteiger partial charge in [0.15, 0.2) is 0 Å². The Hall–Kier alpha value is -0.913. The fraction of sp³-hybridized carbons (Fsp3) is 0.438. The summed E-state index contributed by atoms with van der Waals surface area (Å²) in [6.07, 6.45) is -0.187. The van der Waals surface area contributed by atoms with Gasteiger partial charge in [-0.3, -0.25) is 4.79 Å². The molecule has 0 aliphatic heterocycles. The zero-order valence-corrected chi connectivity index (χ0v) is 15.6. The third kappa shape index (κ3) is 4.53. The van der Waals surface area contributed by atoms with Crippen LogP contribution in [0.1, 0.15) is 18.6 Å². The summed E-state index contributed by atoms with van der Waals surface area (Å²) < 4.78 is 6.87. The predicted molar refractivity (Wildman–Crippen MR) is 94.8 cm³/mol. The number of aromatic nitrogens is 1. The number of hydrogen-bond donors (Lipinski definition) is 1. The molecule has 0 aliphatic carbocycles. The first kappa shape index (κ1) is 16.5. The Kier molecular flexibility index (Phi) is 5.06. The molecule has 0 aliphatic rings. The molecule has 3 nitrogen and oxygen atoms in total. The molecule has 0 saturated carbocycles. The lowest BCUT2D eigenvalue weighted by Gasteiger charge is -2.18. The van der Waals surface area contributed by atoms with E-state index in [1.807, 2.05) is 31.2 Å². The van der Waals surface area contributed by atoms with E-state index in [4.69, 9.17) is 4.74 Å². The van der Waals surface area contributed by atoms with E-state index >= 15 is 0 Å². The van der Waals surface area contributed by atoms with Crippen molar-refractivity contribution in [2.45, 2.75) is 38.7 Å². The molecule has 0 bridgehead atoms. The van der Waals surface area contributed by atoms with Crippen LogP contribution in [-0.4, -0.2) is 19.7 Å². The molecule has 1 atom stereocenters. The average molecular weight is 368 g/mol. The number of hydrogen-bond acceptors (Lipinski definition) is 2. The minimum absolute atomic E-state index is 0.0645. The second-order valence-corrected chi connectivity index (χ2v) is 13.1. The summed E-state index contributed by atoms with van der Waals surface area (Å²) >= 11 is 3.46. The summed E-state index contributed by atoms with van der Waals surface area (Å²) in [5.41, 5.74) is 1.47. The van der Waals surface area contributed by atoms with Crippen LogP contribution in [0, 0.1) is 0 Å². The largest absolute Gasteiger partial charge is 0.374 e. The van der Waals surface area contributed by atoms with E-state index in [1.165, 1.54) is 0 Å². The summed E-state index contributed by atoms with van der Waals surface area (Å²) in [4.78, 5) is 15.1. The third-order valence-corrected chi connectivity index (χ3v) is 5.69. The van der Waals surface area contributed by atoms with Gasteiger partial charge < -0.3 is 9.72 Å². The third-order valence-electron chi connectivity index (χ3n) is 3.49. The minimum Gasteiger partial charge on any atom is -0.374 e. The van der Waals surface area contributed by atoms with Gasteiger partial charge in [0.2, 0.25) is 0 Å². The molecule has 1 heterocycles. The Morgan fingerprint density at radius 2 is 2.00 bits per heavy atom. The van der Waals surface area contributed by atoms with Gasteiger partial charge in [-0.2, -0.15) is 0 Å². The SMILES string of the molecule is CC(OCC[Si](C)(C)C)c1cc2cc(Br)ccc2[nH]c1=O. The van der Waals surface area contributed by atoms with Gasteiger partial charge in [0, 0.05) is 30.2 Å². The second kappa shape index (κ2) is 6.46. The lowest BCUT2D eigenvalue weighted by atomic mass is 10.1. The van der Waals surface area contributed by atoms with Crippen LogP contribution in [0.2, 0.25) is 25.7 Å². The van der Waals surface area contributed by atoms with Crippen molar-refractivity contribution in [3.8, 4) is 0 Å². The Morgan fingerprint density at radius 3 is 2.67 bits per heavy atom. The molecule has 0 amide bonds. The van der Waals surface area contributed by atoms with Gasteiger partial charge in [0.1, 0.15) is 0 Å². The average Bonchev–Trinajstić information content (AvgIpc) is 2.36. The Bertz CT molecular complexity index is 691. The number of pyridine rings is 1. The number of nitrogens with one attached hydrogen (secondary N) is 1. The lowest BCUT2D eigenvalue weighted by molar-refractivity contribution is 0.0749. The van der Waals surface area contributed by atoms with E-state index in [0.717, 1.165) is 21.4 Å². The van der Waals surface area contributed by atoms with Crippen molar-refractivity contribution in [3.05, 3.63) is 44.7 Å². The summed E-state index contributed by atoms with van der Waals surface area (Å²) in [6, 6.07) is 8.86. The van der Waals surface area contributed by atoms with Crippen LogP contribution in [-0.2, 0) is 4.74 Å². The topological polar surface area (TPSA) is 42.1 Å². The first-order valence-electron chi connectivity index (χ1n) is 7.20. The van der Waals surface area contributed by atoms with Crippen LogP contribution in [0.3, 0.4) is 0 Å². The van der Waals surface area contributed by atoms with Crippen LogP contribution in [0.15, 0.2) is 33.5 Å². The number of benzene rings is 1. The van der Waals surface area contributed by atoms with E-state index in [1.54, 1.807) is 0 Å². The van der Waals surface area contributed by atoms with Crippen molar-refractivity contribution in [2.75, 3.05) is 6.61 Å². The molecule has 21 heavy (non-hydrogen) atoms. The van der Waals surface area contributed by atoms with Gasteiger partial charge in [-0.25, -0.2) is 0 Å². The number of ether oxygens (including phenoxy) is 1. The summed E-state index contributed by atoms with van der Waals surface area (Å²) in [7, 11) is -1.11. The van der Waals surface area contributed by atoms with Crippen LogP contribution in [0.25, 0.3) is 10.9 Å². The number of fused-ring (bicyclic) bond motifs is 1. The highest BCUT2D eigenvalue weighted by Gasteiger charge is 2.16. The van der Waals surface area contributed by atoms with Gasteiger partial charge in [-0.05, 0) is 42.6 Å². The molecule has 2 rings (SSSR count). The second-order valence-electron chi connectivity index (χ2n) is 6.61. The zero-order chi connectivity index (χ0) is 15.6. The van der Waals surface area contributed by atoms with E-state index in [9.17, 15) is 4.79 Å². The molecule has 2 aromatic rings. The van der Waals surface area contributed by atoms with Crippen LogP contribution >= 0.6 is 15.9 Å². The first-order chi connectivity index (χ1) is 9.76. The van der Waals surface area contributed by atoms with Gasteiger partial charge >= 0.3 is 0 Å². The predicted octanol–water partition coefficient (Wildman–Crippen LogP) is 4.71. The number of H-pyrrole nitrogens is 1. The summed E-state index contributed by atoms with van der Waals surface area (Å²) in [6.45, 7) is 9.62. The lowest BCUT2D eigenvalue weighted by Crippen LogP contribution is -2.23. The molecule has 1 aromatic carbocycles. The standard InChI is InChI=1S/C16H22BrNO2Si/c1-11(20-7-8-21(2,3)4)14-10-12-9-13(17)5-6-15(12)18-16(14)19/h5-6,9-11H,7-8H2,1-4H3,(H,18,19). The summed E-state index contributed by atoms with van der Waals surface area (Å²) in [5, 5.41) is 1.01. The minimum atomic E-state index is -1.11. The van der Waals surface area contributed by atoms with E-state index in [2.05, 4.69) is 40.6 Å². The molecule has 0 fully saturated rings. The normalized spacial score (nSPS) is 13.6. The molecule has 114 valence electrons. The maximum atomic E-state index is 12.2. The maximum absolute atomic E-state index is 12.2. The Morgan fingerprint density at radius 1 is 1.29 bits per heavy atom. The number of aromatic amines is 1. The van der Waals surface area contributed by atoms with Crippen molar-refractivity contribution in [1.82, 2.24) is 4.98 Å². The van der Waals surface area contributed by atoms with Crippen molar-refractivity contribution in [1.29, 1.82) is 0 Å². The fourth-order valence-electron chi connectivity index (χ4n) is 2.13. The van der Waals surface area contributed by atoms with Crippen LogP contribution in [0.5, 0.6) is 0 Å². The van der Waals surface area contributed by atoms with Crippen molar-refractivity contribution in [3.63, 3.8) is 0 Å². The van der Waals surface area contributed by atoms with E-state index in [0.29, 0.717) is 12.2 Å². The highest BCUT2D eigenvalue weighted by atomic mass is 79.9. The van der Waals surface area contributed by atoms with Crippen LogP contribution < -0.4 is 5.56 Å². The first-order valence-corrected chi connectivity index (χ1v) is 11.7. The Labute approximate surface area is 134 Å². The molecule has 1 aromatic heterocycles. The van der Waals surface area contributed by atoms with E-state index in [-0.39, 0.29) is 11.7 Å². The fourth-order valence-corrected chi connectivity index (χ4v) is 3.24. The molecule has 0 saturated heterocycles. The zero-order valence-electron chi connectivity index (χ0n) is 13.0. The smallest absolute Gasteiger partial charge is 0.254 e. The maximum Gasteiger partial charge on any atom is 0.254 e. The van der Waals surface area contributed by atoms with Gasteiger partial charge in [-0.15, -0.1) is 0 Å². The highest BCUT2D eigenvalue weighted by molar-refractivity contribution is 9.10. The molecule has 0 spiro atoms. The number of halogens is 1. The molecular formula is C16H22BrNO2Si. The van der Waals surface area contributed by atoms with Crippen LogP contribution in [0.4, 0.5) is 0 Å². The van der Waals surface area contributed by atoms with Gasteiger partial charge in [-0.1, -0.05) is 35.6 Å². The van der Waals surface area contributed by atoms with Crippen molar-refractivity contribution >= 4 is 34.9 Å². The van der Waals surface area contributed by atoms with E-state index < -0.39 is 8.07 Å². The monoisotopic (exact) mass is 367 g/mol. The van der Waals surface area contributed by atoms with Gasteiger partial charge in [0.25, 0.3) is 5.56 Å². The quantitative estimate of drug-likeness (QED) is 0.777. The molecule has 1 unspecified atom stereocenters. The molecular weight excluding hydrogens is 346 g/mol. The van der Waals surface area contributed by atoms with Crippen molar-refractivity contribution < 1.29 is 4.74 Å². The Balaban J connectivity index is 2.20. The molecule has 0 radical (unpaired) electrons. The molecule has 1 N–H and O–H groups in total. The van der Waals surface area contributed by atoms with Gasteiger partial charge in [0.05, 0.1) is 6.10 Å². The molecule has 5 heteroatoms. The highest BCUT2D eigenvalue weighted by Crippen LogP contribution is 2.21. The number of rotatable bonds is 5.